The molecule has 0 saturated heterocycles. The van der Waals surface area contributed by atoms with Gasteiger partial charge in [-0.25, -0.2) is 13.2 Å². The number of nitrogens with one attached hydrogen (secondary N) is 1. The van der Waals surface area contributed by atoms with Crippen molar-refractivity contribution >= 4 is 44.9 Å². The smallest absolute Gasteiger partial charge is 0.338 e. The molecule has 0 atom stereocenters. The Morgan fingerprint density at radius 1 is 1.13 bits per heavy atom. The van der Waals surface area contributed by atoms with Crippen molar-refractivity contribution < 1.29 is 17.9 Å². The zero-order valence-corrected chi connectivity index (χ0v) is 14.4. The number of sulfonamides is 1. The van der Waals surface area contributed by atoms with Crippen molar-refractivity contribution in [3.05, 3.63) is 58.1 Å². The van der Waals surface area contributed by atoms with E-state index in [-0.39, 0.29) is 27.8 Å². The minimum Gasteiger partial charge on any atom is -0.462 e. The van der Waals surface area contributed by atoms with Gasteiger partial charge in [0.2, 0.25) is 0 Å². The minimum atomic E-state index is -3.83. The molecular weight excluding hydrogens is 361 g/mol. The van der Waals surface area contributed by atoms with Crippen LogP contribution >= 0.6 is 23.2 Å². The van der Waals surface area contributed by atoms with Gasteiger partial charge in [-0.05, 0) is 49.4 Å². The highest BCUT2D eigenvalue weighted by molar-refractivity contribution is 7.92. The van der Waals surface area contributed by atoms with Crippen molar-refractivity contribution in [1.29, 1.82) is 0 Å². The van der Waals surface area contributed by atoms with Gasteiger partial charge in [-0.3, -0.25) is 4.72 Å². The maximum absolute atomic E-state index is 12.3. The number of carbonyl (C=O) groups excluding carboxylic acids is 1. The summed E-state index contributed by atoms with van der Waals surface area (Å²) < 4.78 is 31.9. The SMILES string of the molecule is CCOC(=O)c1ccc(S(=O)(=O)Nc2ccc(Cl)cc2Cl)cc1. The molecule has 8 heteroatoms. The molecule has 122 valence electrons. The highest BCUT2D eigenvalue weighted by Gasteiger charge is 2.17. The van der Waals surface area contributed by atoms with E-state index in [1.807, 2.05) is 0 Å². The van der Waals surface area contributed by atoms with Crippen LogP contribution in [-0.2, 0) is 14.8 Å². The average molecular weight is 374 g/mol. The third kappa shape index (κ3) is 4.37. The van der Waals surface area contributed by atoms with Crippen LogP contribution in [-0.4, -0.2) is 21.0 Å². The Hall–Kier alpha value is -1.76. The van der Waals surface area contributed by atoms with E-state index < -0.39 is 16.0 Å². The molecule has 0 aliphatic rings. The molecule has 0 spiro atoms. The van der Waals surface area contributed by atoms with Gasteiger partial charge in [0.05, 0.1) is 27.8 Å². The van der Waals surface area contributed by atoms with Gasteiger partial charge in [0, 0.05) is 5.02 Å². The Morgan fingerprint density at radius 3 is 2.35 bits per heavy atom. The Morgan fingerprint density at radius 2 is 1.78 bits per heavy atom. The fourth-order valence-corrected chi connectivity index (χ4v) is 3.35. The first-order chi connectivity index (χ1) is 10.8. The fraction of sp³-hybridized carbons (Fsp3) is 0.133. The molecule has 0 radical (unpaired) electrons. The summed E-state index contributed by atoms with van der Waals surface area (Å²) in [4.78, 5) is 11.6. The second-order valence-electron chi connectivity index (χ2n) is 4.47. The monoisotopic (exact) mass is 373 g/mol. The number of esters is 1. The number of hydrogen-bond acceptors (Lipinski definition) is 4. The molecule has 23 heavy (non-hydrogen) atoms. The van der Waals surface area contributed by atoms with Crippen molar-refractivity contribution in [1.82, 2.24) is 0 Å². The molecule has 2 aromatic rings. The molecule has 0 aliphatic carbocycles. The minimum absolute atomic E-state index is 0.00318. The lowest BCUT2D eigenvalue weighted by molar-refractivity contribution is 0.0526. The lowest BCUT2D eigenvalue weighted by Gasteiger charge is -2.10. The zero-order chi connectivity index (χ0) is 17.0. The summed E-state index contributed by atoms with van der Waals surface area (Å²) in [6.45, 7) is 1.94. The zero-order valence-electron chi connectivity index (χ0n) is 12.0. The third-order valence-electron chi connectivity index (χ3n) is 2.85. The summed E-state index contributed by atoms with van der Waals surface area (Å²) in [6, 6.07) is 9.83. The number of carbonyl (C=O) groups is 1. The second-order valence-corrected chi connectivity index (χ2v) is 7.00. The van der Waals surface area contributed by atoms with Crippen LogP contribution < -0.4 is 4.72 Å². The van der Waals surface area contributed by atoms with Crippen LogP contribution in [0, 0.1) is 0 Å². The molecule has 0 unspecified atom stereocenters. The van der Waals surface area contributed by atoms with Crippen LogP contribution in [0.2, 0.25) is 10.0 Å². The van der Waals surface area contributed by atoms with Crippen molar-refractivity contribution in [3.63, 3.8) is 0 Å². The Labute approximate surface area is 144 Å². The summed E-state index contributed by atoms with van der Waals surface area (Å²) in [5, 5.41) is 0.584. The molecule has 0 aromatic heterocycles. The van der Waals surface area contributed by atoms with Gasteiger partial charge < -0.3 is 4.74 Å². The first-order valence-corrected chi connectivity index (χ1v) is 8.82. The van der Waals surface area contributed by atoms with E-state index in [9.17, 15) is 13.2 Å². The number of hydrogen-bond donors (Lipinski definition) is 1. The topological polar surface area (TPSA) is 72.5 Å². The van der Waals surface area contributed by atoms with E-state index in [2.05, 4.69) is 4.72 Å². The van der Waals surface area contributed by atoms with Crippen molar-refractivity contribution in [2.24, 2.45) is 0 Å². The van der Waals surface area contributed by atoms with Crippen LogP contribution in [0.3, 0.4) is 0 Å². The number of benzene rings is 2. The first kappa shape index (κ1) is 17.6. The number of ether oxygens (including phenoxy) is 1. The fourth-order valence-electron chi connectivity index (χ4n) is 1.76. The van der Waals surface area contributed by atoms with E-state index in [0.717, 1.165) is 0 Å². The maximum Gasteiger partial charge on any atom is 0.338 e. The Balaban J connectivity index is 2.24. The van der Waals surface area contributed by atoms with E-state index in [0.29, 0.717) is 5.02 Å². The van der Waals surface area contributed by atoms with Crippen molar-refractivity contribution in [2.45, 2.75) is 11.8 Å². The van der Waals surface area contributed by atoms with Gasteiger partial charge in [-0.15, -0.1) is 0 Å². The summed E-state index contributed by atoms with van der Waals surface area (Å²) in [6.07, 6.45) is 0. The summed E-state index contributed by atoms with van der Waals surface area (Å²) in [5.41, 5.74) is 0.487. The largest absolute Gasteiger partial charge is 0.462 e. The Kier molecular flexibility index (Phi) is 5.51. The molecule has 5 nitrogen and oxygen atoms in total. The molecule has 0 fully saturated rings. The van der Waals surface area contributed by atoms with Gasteiger partial charge in [0.25, 0.3) is 10.0 Å². The molecule has 1 N–H and O–H groups in total. The lowest BCUT2D eigenvalue weighted by atomic mass is 10.2. The predicted molar refractivity (Wildman–Crippen MR) is 89.7 cm³/mol. The normalized spacial score (nSPS) is 11.1. The quantitative estimate of drug-likeness (QED) is 0.804. The van der Waals surface area contributed by atoms with Gasteiger partial charge in [-0.1, -0.05) is 23.2 Å². The van der Waals surface area contributed by atoms with E-state index in [4.69, 9.17) is 27.9 Å². The summed E-state index contributed by atoms with van der Waals surface area (Å²) in [5.74, 6) is -0.509. The Bertz CT molecular complexity index is 820. The third-order valence-corrected chi connectivity index (χ3v) is 4.78. The molecule has 0 saturated carbocycles. The number of halogens is 2. The lowest BCUT2D eigenvalue weighted by Crippen LogP contribution is -2.13. The summed E-state index contributed by atoms with van der Waals surface area (Å²) >= 11 is 11.7. The van der Waals surface area contributed by atoms with E-state index >= 15 is 0 Å². The summed E-state index contributed by atoms with van der Waals surface area (Å²) in [7, 11) is -3.83. The van der Waals surface area contributed by atoms with Gasteiger partial charge >= 0.3 is 5.97 Å². The first-order valence-electron chi connectivity index (χ1n) is 6.58. The van der Waals surface area contributed by atoms with Gasteiger partial charge in [-0.2, -0.15) is 0 Å². The highest BCUT2D eigenvalue weighted by Crippen LogP contribution is 2.27. The second kappa shape index (κ2) is 7.21. The van der Waals surface area contributed by atoms with Crippen LogP contribution in [0.25, 0.3) is 0 Å². The predicted octanol–water partition coefficient (Wildman–Crippen LogP) is 3.97. The highest BCUT2D eigenvalue weighted by atomic mass is 35.5. The molecule has 2 aromatic carbocycles. The number of rotatable bonds is 5. The van der Waals surface area contributed by atoms with Crippen LogP contribution in [0.15, 0.2) is 47.4 Å². The van der Waals surface area contributed by atoms with Crippen LogP contribution in [0.1, 0.15) is 17.3 Å². The van der Waals surface area contributed by atoms with Crippen LogP contribution in [0.4, 0.5) is 5.69 Å². The van der Waals surface area contributed by atoms with Crippen LogP contribution in [0.5, 0.6) is 0 Å². The molecule has 0 aliphatic heterocycles. The van der Waals surface area contributed by atoms with Crippen molar-refractivity contribution in [2.75, 3.05) is 11.3 Å². The molecule has 0 amide bonds. The van der Waals surface area contributed by atoms with Crippen molar-refractivity contribution in [3.8, 4) is 0 Å². The molecule has 0 bridgehead atoms. The van der Waals surface area contributed by atoms with Gasteiger partial charge in [0.15, 0.2) is 0 Å². The standard InChI is InChI=1S/C15H13Cl2NO4S/c1-2-22-15(19)10-3-6-12(7-4-10)23(20,21)18-14-8-5-11(16)9-13(14)17/h3-9,18H,2H2,1H3. The maximum atomic E-state index is 12.3. The van der Waals surface area contributed by atoms with E-state index in [1.165, 1.54) is 42.5 Å². The van der Waals surface area contributed by atoms with Gasteiger partial charge in [0.1, 0.15) is 0 Å². The molecule has 2 rings (SSSR count). The average Bonchev–Trinajstić information content (AvgIpc) is 2.50. The van der Waals surface area contributed by atoms with E-state index in [1.54, 1.807) is 6.92 Å². The molecule has 0 heterocycles. The number of anilines is 1. The molecular formula is C15H13Cl2NO4S.